The highest BCUT2D eigenvalue weighted by Crippen LogP contribution is 2.24. The largest absolute Gasteiger partial charge is 0.483 e. The second kappa shape index (κ2) is 7.95. The van der Waals surface area contributed by atoms with Crippen LogP contribution in [0, 0.1) is 5.82 Å². The van der Waals surface area contributed by atoms with Gasteiger partial charge in [-0.05, 0) is 29.8 Å². The maximum absolute atomic E-state index is 13.5. The fourth-order valence-corrected chi connectivity index (χ4v) is 3.67. The lowest BCUT2D eigenvalue weighted by molar-refractivity contribution is -0.133. The second-order valence-corrected chi connectivity index (χ2v) is 7.17. The zero-order valence-corrected chi connectivity index (χ0v) is 16.2. The van der Waals surface area contributed by atoms with Gasteiger partial charge in [-0.15, -0.1) is 0 Å². The maximum Gasteiger partial charge on any atom is 0.260 e. The van der Waals surface area contributed by atoms with Crippen molar-refractivity contribution in [2.24, 2.45) is 7.05 Å². The number of nitrogens with one attached hydrogen (secondary N) is 1. The average molecular weight is 395 g/mol. The molecule has 0 saturated carbocycles. The minimum Gasteiger partial charge on any atom is -0.483 e. The van der Waals surface area contributed by atoms with Gasteiger partial charge in [0.15, 0.2) is 6.61 Å². The highest BCUT2D eigenvalue weighted by atomic mass is 19.1. The van der Waals surface area contributed by atoms with Crippen LogP contribution in [0.2, 0.25) is 0 Å². The third-order valence-corrected chi connectivity index (χ3v) is 5.12. The lowest BCUT2D eigenvalue weighted by Crippen LogP contribution is -2.39. The number of carbonyl (C=O) groups is 2. The van der Waals surface area contributed by atoms with E-state index < -0.39 is 0 Å². The number of halogens is 1. The molecule has 0 unspecified atom stereocenters. The Morgan fingerprint density at radius 1 is 1.24 bits per heavy atom. The predicted molar refractivity (Wildman–Crippen MR) is 107 cm³/mol. The number of rotatable bonds is 5. The van der Waals surface area contributed by atoms with E-state index in [0.29, 0.717) is 24.4 Å². The molecule has 0 atom stereocenters. The molecule has 2 amide bonds. The molecule has 2 aromatic carbocycles. The number of amides is 2. The van der Waals surface area contributed by atoms with Gasteiger partial charge >= 0.3 is 0 Å². The Labute approximate surface area is 167 Å². The van der Waals surface area contributed by atoms with E-state index in [4.69, 9.17) is 4.74 Å². The van der Waals surface area contributed by atoms with Crippen molar-refractivity contribution in [3.8, 4) is 5.75 Å². The molecule has 150 valence electrons. The summed E-state index contributed by atoms with van der Waals surface area (Å²) < 4.78 is 21.0. The molecule has 0 bridgehead atoms. The molecule has 3 aromatic rings. The standard InChI is InChI=1S/C22H22FN3O3/c1-25-12-15(18-4-2-3-5-19(18)25)11-21(27)24-8-9-26-13-16-10-17(23)6-7-20(16)29-14-22(26)28/h2-7,10,12H,8-9,11,13-14H2,1H3,(H,24,27). The van der Waals surface area contributed by atoms with E-state index in [9.17, 15) is 14.0 Å². The lowest BCUT2D eigenvalue weighted by atomic mass is 10.1. The quantitative estimate of drug-likeness (QED) is 0.722. The van der Waals surface area contributed by atoms with Crippen LogP contribution in [0.15, 0.2) is 48.7 Å². The number of nitrogens with zero attached hydrogens (tertiary/aromatic N) is 2. The highest BCUT2D eigenvalue weighted by molar-refractivity contribution is 5.89. The molecular formula is C22H22FN3O3. The van der Waals surface area contributed by atoms with Crippen LogP contribution in [-0.2, 0) is 29.6 Å². The Kier molecular flexibility index (Phi) is 5.20. The van der Waals surface area contributed by atoms with Crippen LogP contribution in [0.25, 0.3) is 10.9 Å². The summed E-state index contributed by atoms with van der Waals surface area (Å²) in [5.74, 6) is -0.150. The maximum atomic E-state index is 13.5. The fourth-order valence-electron chi connectivity index (χ4n) is 3.67. The third-order valence-electron chi connectivity index (χ3n) is 5.12. The highest BCUT2D eigenvalue weighted by Gasteiger charge is 2.22. The van der Waals surface area contributed by atoms with Gasteiger partial charge in [-0.1, -0.05) is 18.2 Å². The van der Waals surface area contributed by atoms with Gasteiger partial charge in [-0.25, -0.2) is 4.39 Å². The molecule has 4 rings (SSSR count). The topological polar surface area (TPSA) is 63.6 Å². The van der Waals surface area contributed by atoms with Crippen molar-refractivity contribution in [3.05, 3.63) is 65.6 Å². The van der Waals surface area contributed by atoms with E-state index in [1.807, 2.05) is 42.1 Å². The molecule has 6 nitrogen and oxygen atoms in total. The van der Waals surface area contributed by atoms with E-state index in [1.165, 1.54) is 18.2 Å². The van der Waals surface area contributed by atoms with Crippen molar-refractivity contribution in [2.75, 3.05) is 19.7 Å². The lowest BCUT2D eigenvalue weighted by Gasteiger charge is -2.20. The Morgan fingerprint density at radius 3 is 2.93 bits per heavy atom. The monoisotopic (exact) mass is 395 g/mol. The minimum atomic E-state index is -0.370. The van der Waals surface area contributed by atoms with Gasteiger partial charge < -0.3 is 19.5 Å². The smallest absolute Gasteiger partial charge is 0.260 e. The van der Waals surface area contributed by atoms with E-state index in [0.717, 1.165) is 16.5 Å². The molecule has 0 saturated heterocycles. The van der Waals surface area contributed by atoms with Crippen LogP contribution in [0.3, 0.4) is 0 Å². The van der Waals surface area contributed by atoms with Crippen molar-refractivity contribution in [1.29, 1.82) is 0 Å². The molecule has 0 aliphatic carbocycles. The number of para-hydroxylation sites is 1. The summed E-state index contributed by atoms with van der Waals surface area (Å²) in [6, 6.07) is 12.2. The number of aromatic nitrogens is 1. The third kappa shape index (κ3) is 4.08. The van der Waals surface area contributed by atoms with Gasteiger partial charge in [-0.3, -0.25) is 9.59 Å². The number of carbonyl (C=O) groups excluding carboxylic acids is 2. The van der Waals surface area contributed by atoms with Crippen LogP contribution < -0.4 is 10.1 Å². The number of hydrogen-bond acceptors (Lipinski definition) is 3. The van der Waals surface area contributed by atoms with Crippen molar-refractivity contribution < 1.29 is 18.7 Å². The van der Waals surface area contributed by atoms with Crippen molar-refractivity contribution in [2.45, 2.75) is 13.0 Å². The summed E-state index contributed by atoms with van der Waals surface area (Å²) in [5, 5.41) is 3.93. The van der Waals surface area contributed by atoms with Crippen LogP contribution in [-0.4, -0.2) is 41.0 Å². The average Bonchev–Trinajstić information content (AvgIpc) is 2.92. The summed E-state index contributed by atoms with van der Waals surface area (Å²) in [6.07, 6.45) is 2.23. The normalized spacial score (nSPS) is 13.7. The zero-order valence-electron chi connectivity index (χ0n) is 16.2. The molecular weight excluding hydrogens is 373 g/mol. The summed E-state index contributed by atoms with van der Waals surface area (Å²) >= 11 is 0. The molecule has 1 N–H and O–H groups in total. The van der Waals surface area contributed by atoms with Gasteiger partial charge in [0.2, 0.25) is 5.91 Å². The van der Waals surface area contributed by atoms with E-state index >= 15 is 0 Å². The molecule has 1 aromatic heterocycles. The second-order valence-electron chi connectivity index (χ2n) is 7.17. The van der Waals surface area contributed by atoms with Crippen molar-refractivity contribution in [1.82, 2.24) is 14.8 Å². The molecule has 29 heavy (non-hydrogen) atoms. The Bertz CT molecular complexity index is 1080. The summed E-state index contributed by atoms with van der Waals surface area (Å²) in [6.45, 7) is 0.813. The van der Waals surface area contributed by atoms with Crippen LogP contribution in [0.5, 0.6) is 5.75 Å². The Hall–Kier alpha value is -3.35. The van der Waals surface area contributed by atoms with Crippen LogP contribution in [0.4, 0.5) is 4.39 Å². The minimum absolute atomic E-state index is 0.0947. The molecule has 2 heterocycles. The fraction of sp³-hybridized carbons (Fsp3) is 0.273. The summed E-state index contributed by atoms with van der Waals surface area (Å²) in [4.78, 5) is 26.2. The van der Waals surface area contributed by atoms with Gasteiger partial charge in [0, 0.05) is 49.3 Å². The van der Waals surface area contributed by atoms with E-state index in [1.54, 1.807) is 4.90 Å². The van der Waals surface area contributed by atoms with Gasteiger partial charge in [0.05, 0.1) is 6.42 Å². The van der Waals surface area contributed by atoms with Gasteiger partial charge in [-0.2, -0.15) is 0 Å². The van der Waals surface area contributed by atoms with E-state index in [2.05, 4.69) is 5.32 Å². The first-order valence-electron chi connectivity index (χ1n) is 9.50. The Balaban J connectivity index is 1.35. The van der Waals surface area contributed by atoms with Gasteiger partial charge in [0.1, 0.15) is 11.6 Å². The Morgan fingerprint density at radius 2 is 2.07 bits per heavy atom. The first-order chi connectivity index (χ1) is 14.0. The molecule has 1 aliphatic rings. The van der Waals surface area contributed by atoms with Crippen LogP contribution in [0.1, 0.15) is 11.1 Å². The number of ether oxygens (including phenoxy) is 1. The summed E-state index contributed by atoms with van der Waals surface area (Å²) in [5.41, 5.74) is 2.67. The molecule has 1 aliphatic heterocycles. The first-order valence-corrected chi connectivity index (χ1v) is 9.50. The number of aryl methyl sites for hydroxylation is 1. The SMILES string of the molecule is Cn1cc(CC(=O)NCCN2Cc3cc(F)ccc3OCC2=O)c2ccccc21. The predicted octanol–water partition coefficient (Wildman–Crippen LogP) is 2.40. The molecule has 0 radical (unpaired) electrons. The first kappa shape index (κ1) is 19.0. The number of benzene rings is 2. The number of hydrogen-bond donors (Lipinski definition) is 1. The molecule has 0 fully saturated rings. The number of fused-ring (bicyclic) bond motifs is 2. The molecule has 0 spiro atoms. The van der Waals surface area contributed by atoms with Crippen molar-refractivity contribution >= 4 is 22.7 Å². The summed E-state index contributed by atoms with van der Waals surface area (Å²) in [7, 11) is 1.96. The van der Waals surface area contributed by atoms with Crippen molar-refractivity contribution in [3.63, 3.8) is 0 Å². The molecule has 7 heteroatoms. The van der Waals surface area contributed by atoms with Gasteiger partial charge in [0.25, 0.3) is 5.91 Å². The zero-order chi connectivity index (χ0) is 20.4. The van der Waals surface area contributed by atoms with E-state index in [-0.39, 0.29) is 37.2 Å². The van der Waals surface area contributed by atoms with Crippen LogP contribution >= 0.6 is 0 Å².